The highest BCUT2D eigenvalue weighted by molar-refractivity contribution is 7.93. The number of anilines is 3. The first-order valence-electron chi connectivity index (χ1n) is 41.8. The topological polar surface area (TPSA) is 380 Å². The molecule has 6 N–H and O–H groups in total. The van der Waals surface area contributed by atoms with Crippen LogP contribution in [-0.2, 0) is 54.2 Å². The minimum Gasteiger partial charge on any atom is -0.383 e. The number of hydrogen-bond donors (Lipinski definition) is 5. The van der Waals surface area contributed by atoms with Gasteiger partial charge in [0.25, 0.3) is 5.91 Å². The molecule has 4 amide bonds. The third-order valence-electron chi connectivity index (χ3n) is 21.4. The number of benzene rings is 8. The van der Waals surface area contributed by atoms with Crippen molar-refractivity contribution in [3.63, 3.8) is 0 Å². The summed E-state index contributed by atoms with van der Waals surface area (Å²) in [5, 5.41) is 36.5. The van der Waals surface area contributed by atoms with Crippen molar-refractivity contribution in [1.82, 2.24) is 69.8 Å². The summed E-state index contributed by atoms with van der Waals surface area (Å²) in [6.45, 7) is 10.5. The average molecular weight is 1870 g/mol. The normalized spacial score (nSPS) is 12.5. The van der Waals surface area contributed by atoms with Gasteiger partial charge in [-0.1, -0.05) is 120 Å². The molecular formula is C99H89Cl2F3N18O9S2. The second-order valence-electron chi connectivity index (χ2n) is 31.1. The zero-order valence-corrected chi connectivity index (χ0v) is 76.2. The van der Waals surface area contributed by atoms with Crippen LogP contribution >= 0.6 is 23.2 Å². The number of carbonyl (C=O) groups excluding carboxylic acids is 5. The van der Waals surface area contributed by atoms with Gasteiger partial charge in [0.05, 0.1) is 80.4 Å². The van der Waals surface area contributed by atoms with Gasteiger partial charge in [-0.2, -0.15) is 15.5 Å². The lowest BCUT2D eigenvalue weighted by atomic mass is 9.88. The second kappa shape index (κ2) is 44.0. The first-order valence-corrected chi connectivity index (χ1v) is 45.9. The maximum Gasteiger partial charge on any atom is 0.251 e. The van der Waals surface area contributed by atoms with Crippen molar-refractivity contribution in [1.29, 1.82) is 5.26 Å². The number of nitrogen functional groups attached to an aromatic ring is 1. The number of rotatable bonds is 22. The number of imidazole rings is 1. The number of sulfone groups is 1. The predicted molar refractivity (Wildman–Crippen MR) is 506 cm³/mol. The molecule has 0 bridgehead atoms. The number of aromatic amines is 1. The number of nitrogens with one attached hydrogen (secondary N) is 4. The molecule has 17 rings (SSSR count). The van der Waals surface area contributed by atoms with Gasteiger partial charge in [0.15, 0.2) is 20.8 Å². The molecule has 2 aliphatic rings. The minimum atomic E-state index is -3.28. The summed E-state index contributed by atoms with van der Waals surface area (Å²) in [6, 6.07) is 59.5. The van der Waals surface area contributed by atoms with Crippen LogP contribution in [-0.4, -0.2) is 132 Å². The van der Waals surface area contributed by atoms with Gasteiger partial charge >= 0.3 is 0 Å². The number of halogens is 5. The van der Waals surface area contributed by atoms with E-state index in [2.05, 4.69) is 66.3 Å². The maximum atomic E-state index is 14.1. The van der Waals surface area contributed by atoms with E-state index >= 15 is 0 Å². The summed E-state index contributed by atoms with van der Waals surface area (Å²) in [5.41, 5.74) is 22.3. The number of amides is 4. The monoisotopic (exact) mass is 1860 g/mol. The van der Waals surface area contributed by atoms with Gasteiger partial charge in [-0.05, 0) is 202 Å². The van der Waals surface area contributed by atoms with Gasteiger partial charge in [0.1, 0.15) is 53.1 Å². The Balaban J connectivity index is 0.000000142. The predicted octanol–water partition coefficient (Wildman–Crippen LogP) is 18.8. The Morgan fingerprint density at radius 1 is 0.684 bits per heavy atom. The number of piperidine rings is 1. The van der Waals surface area contributed by atoms with E-state index in [9.17, 15) is 49.8 Å². The molecule has 7 aromatic heterocycles. The maximum absolute atomic E-state index is 14.1. The molecule has 8 heterocycles. The summed E-state index contributed by atoms with van der Waals surface area (Å²) in [4.78, 5) is 88.4. The largest absolute Gasteiger partial charge is 0.383 e. The Bertz CT molecular complexity index is 6910. The van der Waals surface area contributed by atoms with Crippen molar-refractivity contribution in [2.45, 2.75) is 96.0 Å². The third kappa shape index (κ3) is 24.9. The number of H-pyrrole nitrogens is 1. The van der Waals surface area contributed by atoms with Crippen LogP contribution in [0.4, 0.5) is 30.7 Å². The van der Waals surface area contributed by atoms with E-state index in [0.29, 0.717) is 106 Å². The second-order valence-corrected chi connectivity index (χ2v) is 35.1. The highest BCUT2D eigenvalue weighted by Crippen LogP contribution is 2.42. The van der Waals surface area contributed by atoms with Gasteiger partial charge in [-0.15, -0.1) is 0 Å². The van der Waals surface area contributed by atoms with Crippen molar-refractivity contribution in [3.05, 3.63) is 338 Å². The van der Waals surface area contributed by atoms with Crippen LogP contribution in [0.2, 0.25) is 10.0 Å². The molecule has 1 unspecified atom stereocenters. The molecule has 0 spiro atoms. The Hall–Kier alpha value is -15.0. The van der Waals surface area contributed by atoms with E-state index in [-0.39, 0.29) is 70.6 Å². The summed E-state index contributed by atoms with van der Waals surface area (Å²) in [6.07, 6.45) is 16.6. The SMILES string of the molecule is CC(=O)Nc1cc(-c2c(-c3ccc(F)cc3)nc(S(C)=O)n2C)ccn1.CCC(=O)N1CCC(c2[nH]nc(-c3ccc(Cl)cc3)c2-c2ccncn2)CC1.Cc1ccc(/C=C/S(=O)(=O)Cc2ccc(Cl)cc2)cc1.Cc1ccc(C(=O)NC2CC2)cc1-n1ncc(C(=O)c2cccc(C#N)c2)c1N.Cc1cccc(F)c1CC(=O)Nc1onc(-c2ccc(F)cc2)c1-c1ccncn1. The van der Waals surface area contributed by atoms with E-state index < -0.39 is 32.4 Å². The van der Waals surface area contributed by atoms with Crippen LogP contribution in [0.15, 0.2) is 259 Å². The zero-order chi connectivity index (χ0) is 94.6. The average Bonchev–Trinajstić information content (AvgIpc) is 2.06. The van der Waals surface area contributed by atoms with E-state index in [0.717, 1.165) is 94.8 Å². The first kappa shape index (κ1) is 95.5. The fraction of sp³-hybridized carbons (Fsp3) is 0.182. The van der Waals surface area contributed by atoms with Gasteiger partial charge in [0.2, 0.25) is 23.6 Å². The number of likely N-dealkylation sites (tertiary alicyclic amines) is 1. The van der Waals surface area contributed by atoms with E-state index in [1.165, 1.54) is 72.1 Å². The quantitative estimate of drug-likeness (QED) is 0.0393. The van der Waals surface area contributed by atoms with Crippen LogP contribution in [0.3, 0.4) is 0 Å². The Morgan fingerprint density at radius 3 is 1.92 bits per heavy atom. The van der Waals surface area contributed by atoms with Crippen LogP contribution < -0.4 is 21.7 Å². The van der Waals surface area contributed by atoms with Gasteiger partial charge < -0.3 is 30.4 Å². The summed E-state index contributed by atoms with van der Waals surface area (Å²) < 4.78 is 85.3. The fourth-order valence-corrected chi connectivity index (χ4v) is 16.5. The molecule has 676 valence electrons. The minimum absolute atomic E-state index is 0.0213. The number of nitrogens with zero attached hydrogens (tertiary/aromatic N) is 13. The Kier molecular flexibility index (Phi) is 31.6. The van der Waals surface area contributed by atoms with Crippen molar-refractivity contribution in [3.8, 4) is 79.3 Å². The standard InChI is InChI=1S/C22H16F2N4O2.C22H19N5O2.C21H22ClN5O.C18H17FN4O2S.C16H15ClO2S/c1-13-3-2-4-17(24)16(13)11-19(29)27-22-20(18-9-10-25-12-26-18)21(28-30-22)14-5-7-15(23)8-6-14;1-13-5-6-16(22(29)26-17-7-8-17)10-19(13)27-21(24)18(12-25-27)20(28)15-4-2-3-14(9-15)11-23;1-2-18(28)27-11-8-15(9-12-27)21-19(17-7-10-23-13-24-17)20(25-26-21)14-3-5-16(22)6-4-14;1-11(24)21-15-10-13(8-9-20-15)17-16(12-4-6-14(19)7-5-12)22-18(23(17)2)26(3)25;1-13-2-4-14(5-3-13)10-11-20(18,19)12-15-6-8-16(17)9-7-15/h2-10,12H,11H2,1H3,(H,27,29);2-6,9-10,12,17H,7-8,24H2,1H3,(H,26,29);3-7,10,13,15H,2,8-9,11-12H2,1H3,(H,25,26);4-10H,1-3H3,(H,20,21,24);2-11H,12H2,1H3/b;;;;11-10+. The number of aromatic nitrogens is 12. The molecule has 34 heteroatoms. The number of aryl methyl sites for hydroxylation is 3. The third-order valence-corrected chi connectivity index (χ3v) is 24.1. The van der Waals surface area contributed by atoms with Crippen molar-refractivity contribution < 1.29 is 54.3 Å². The smallest absolute Gasteiger partial charge is 0.251 e. The summed E-state index contributed by atoms with van der Waals surface area (Å²) in [5.74, 6) is -1.18. The lowest BCUT2D eigenvalue weighted by molar-refractivity contribution is -0.132. The molecule has 8 aromatic carbocycles. The summed E-state index contributed by atoms with van der Waals surface area (Å²) >= 11 is 11.8. The van der Waals surface area contributed by atoms with Crippen LogP contribution in [0.25, 0.3) is 79.3 Å². The van der Waals surface area contributed by atoms with Crippen LogP contribution in [0, 0.1) is 49.6 Å². The Labute approximate surface area is 777 Å². The Morgan fingerprint density at radius 2 is 1.31 bits per heavy atom. The number of ketones is 1. The van der Waals surface area contributed by atoms with Gasteiger partial charge in [-0.3, -0.25) is 38.6 Å². The lowest BCUT2D eigenvalue weighted by Gasteiger charge is -2.31. The van der Waals surface area contributed by atoms with Crippen molar-refractivity contribution in [2.24, 2.45) is 7.05 Å². The highest BCUT2D eigenvalue weighted by atomic mass is 35.5. The summed E-state index contributed by atoms with van der Waals surface area (Å²) in [7, 11) is -2.81. The van der Waals surface area contributed by atoms with E-state index in [1.807, 2.05) is 92.4 Å². The highest BCUT2D eigenvalue weighted by Gasteiger charge is 2.31. The van der Waals surface area contributed by atoms with E-state index in [1.54, 1.807) is 159 Å². The lowest BCUT2D eigenvalue weighted by Crippen LogP contribution is -2.37. The fourth-order valence-electron chi connectivity index (χ4n) is 14.4. The molecule has 1 atom stereocenters. The van der Waals surface area contributed by atoms with Gasteiger partial charge in [-0.25, -0.2) is 56.2 Å². The number of nitriles is 1. The molecular weight excluding hydrogens is 1780 g/mol. The van der Waals surface area contributed by atoms with Gasteiger partial charge in [0, 0.05) is 136 Å². The molecule has 1 aliphatic carbocycles. The van der Waals surface area contributed by atoms with E-state index in [4.69, 9.17) is 38.7 Å². The first-order chi connectivity index (χ1) is 64.0. The van der Waals surface area contributed by atoms with Crippen molar-refractivity contribution >= 4 is 96.8 Å². The molecule has 1 saturated heterocycles. The molecule has 0 radical (unpaired) electrons. The molecule has 1 aliphatic heterocycles. The van der Waals surface area contributed by atoms with Crippen LogP contribution in [0.1, 0.15) is 123 Å². The molecule has 15 aromatic rings. The van der Waals surface area contributed by atoms with Crippen LogP contribution in [0.5, 0.6) is 0 Å². The number of hydrogen-bond acceptors (Lipinski definition) is 20. The zero-order valence-electron chi connectivity index (χ0n) is 73.0. The molecule has 133 heavy (non-hydrogen) atoms. The molecule has 2 fully saturated rings. The number of carbonyl (C=O) groups is 5. The number of nitrogens with two attached hydrogens (primary N) is 1. The number of pyridine rings is 1. The van der Waals surface area contributed by atoms with Crippen molar-refractivity contribution in [2.75, 3.05) is 35.7 Å². The molecule has 1 saturated carbocycles. The molecule has 27 nitrogen and oxygen atoms in total.